The molecular weight excluding hydrogens is 272 g/mol. The monoisotopic (exact) mass is 290 g/mol. The first-order valence-corrected chi connectivity index (χ1v) is 7.01. The van der Waals surface area contributed by atoms with Crippen LogP contribution in [-0.4, -0.2) is 17.0 Å². The number of aromatic nitrogens is 2. The van der Waals surface area contributed by atoms with Gasteiger partial charge in [0, 0.05) is 29.7 Å². The van der Waals surface area contributed by atoms with Gasteiger partial charge in [-0.2, -0.15) is 0 Å². The van der Waals surface area contributed by atoms with Crippen LogP contribution in [0.5, 0.6) is 0 Å². The second-order valence-electron chi connectivity index (χ2n) is 4.65. The van der Waals surface area contributed by atoms with E-state index in [1.54, 1.807) is 0 Å². The van der Waals surface area contributed by atoms with Crippen molar-refractivity contribution < 1.29 is 0 Å². The summed E-state index contributed by atoms with van der Waals surface area (Å²) in [4.78, 5) is 9.02. The summed E-state index contributed by atoms with van der Waals surface area (Å²) >= 11 is 6.05. The first-order chi connectivity index (χ1) is 9.55. The van der Waals surface area contributed by atoms with Crippen LogP contribution in [0.15, 0.2) is 18.2 Å². The number of benzene rings is 1. The molecule has 0 atom stereocenters. The van der Waals surface area contributed by atoms with E-state index in [0.717, 1.165) is 40.7 Å². The molecule has 0 bridgehead atoms. The third kappa shape index (κ3) is 3.02. The highest BCUT2D eigenvalue weighted by Crippen LogP contribution is 2.27. The van der Waals surface area contributed by atoms with Gasteiger partial charge in [0.1, 0.15) is 17.5 Å². The number of nitrogens with one attached hydrogen (secondary N) is 2. The molecule has 0 amide bonds. The molecule has 0 radical (unpaired) electrons. The summed E-state index contributed by atoms with van der Waals surface area (Å²) in [7, 11) is 1.86. The lowest BCUT2D eigenvalue weighted by Gasteiger charge is -2.15. The molecule has 1 aromatic heterocycles. The molecular formula is C15H19ClN4. The van der Waals surface area contributed by atoms with Crippen LogP contribution in [0.2, 0.25) is 5.02 Å². The lowest BCUT2D eigenvalue weighted by atomic mass is 10.2. The molecule has 4 nitrogen and oxygen atoms in total. The lowest BCUT2D eigenvalue weighted by molar-refractivity contribution is 0.935. The Balaban J connectivity index is 2.44. The zero-order valence-electron chi connectivity index (χ0n) is 12.2. The minimum absolute atomic E-state index is 0.703. The molecule has 5 heteroatoms. The van der Waals surface area contributed by atoms with Crippen molar-refractivity contribution in [2.45, 2.75) is 27.2 Å². The topological polar surface area (TPSA) is 49.8 Å². The van der Waals surface area contributed by atoms with Gasteiger partial charge in [0.15, 0.2) is 0 Å². The molecule has 1 aromatic carbocycles. The maximum atomic E-state index is 6.05. The van der Waals surface area contributed by atoms with Crippen LogP contribution in [0, 0.1) is 13.8 Å². The fourth-order valence-electron chi connectivity index (χ4n) is 1.94. The predicted molar refractivity (Wildman–Crippen MR) is 85.2 cm³/mol. The molecule has 0 fully saturated rings. The zero-order chi connectivity index (χ0) is 14.7. The molecule has 0 saturated carbocycles. The Morgan fingerprint density at radius 2 is 1.85 bits per heavy atom. The van der Waals surface area contributed by atoms with E-state index in [2.05, 4.69) is 20.6 Å². The van der Waals surface area contributed by atoms with Crippen LogP contribution in [0.25, 0.3) is 0 Å². The van der Waals surface area contributed by atoms with Gasteiger partial charge >= 0.3 is 0 Å². The SMILES string of the molecule is CCc1nc(NC)c(C)c(Nc2cc(Cl)ccc2C)n1. The van der Waals surface area contributed by atoms with Crippen molar-refractivity contribution in [2.24, 2.45) is 0 Å². The highest BCUT2D eigenvalue weighted by atomic mass is 35.5. The Labute approximate surface area is 124 Å². The maximum absolute atomic E-state index is 6.05. The number of nitrogens with zero attached hydrogens (tertiary/aromatic N) is 2. The molecule has 2 rings (SSSR count). The van der Waals surface area contributed by atoms with Gasteiger partial charge in [0.2, 0.25) is 0 Å². The maximum Gasteiger partial charge on any atom is 0.139 e. The minimum Gasteiger partial charge on any atom is -0.373 e. The number of aryl methyl sites for hydroxylation is 2. The summed E-state index contributed by atoms with van der Waals surface area (Å²) in [6.45, 7) is 6.07. The normalized spacial score (nSPS) is 10.4. The first kappa shape index (κ1) is 14.6. The third-order valence-electron chi connectivity index (χ3n) is 3.20. The van der Waals surface area contributed by atoms with E-state index in [1.165, 1.54) is 0 Å². The molecule has 1 heterocycles. The number of anilines is 3. The van der Waals surface area contributed by atoms with Gasteiger partial charge in [-0.05, 0) is 31.5 Å². The van der Waals surface area contributed by atoms with Crippen molar-refractivity contribution in [1.82, 2.24) is 9.97 Å². The van der Waals surface area contributed by atoms with Crippen molar-refractivity contribution in [1.29, 1.82) is 0 Å². The molecule has 0 spiro atoms. The smallest absolute Gasteiger partial charge is 0.139 e. The van der Waals surface area contributed by atoms with E-state index in [-0.39, 0.29) is 0 Å². The molecule has 0 aliphatic heterocycles. The van der Waals surface area contributed by atoms with Crippen molar-refractivity contribution in [3.63, 3.8) is 0 Å². The van der Waals surface area contributed by atoms with Crippen LogP contribution in [-0.2, 0) is 6.42 Å². The fraction of sp³-hybridized carbons (Fsp3) is 0.333. The van der Waals surface area contributed by atoms with Crippen molar-refractivity contribution >= 4 is 28.9 Å². The minimum atomic E-state index is 0.703. The second-order valence-corrected chi connectivity index (χ2v) is 5.09. The largest absolute Gasteiger partial charge is 0.373 e. The average molecular weight is 291 g/mol. The van der Waals surface area contributed by atoms with Gasteiger partial charge in [-0.15, -0.1) is 0 Å². The van der Waals surface area contributed by atoms with Crippen LogP contribution in [0.3, 0.4) is 0 Å². The van der Waals surface area contributed by atoms with Gasteiger partial charge in [0.05, 0.1) is 0 Å². The van der Waals surface area contributed by atoms with E-state index in [4.69, 9.17) is 11.6 Å². The number of halogens is 1. The number of hydrogen-bond donors (Lipinski definition) is 2. The van der Waals surface area contributed by atoms with Crippen LogP contribution >= 0.6 is 11.6 Å². The molecule has 0 unspecified atom stereocenters. The van der Waals surface area contributed by atoms with E-state index in [0.29, 0.717) is 5.02 Å². The molecule has 2 N–H and O–H groups in total. The lowest BCUT2D eigenvalue weighted by Crippen LogP contribution is -2.07. The molecule has 2 aromatic rings. The Kier molecular flexibility index (Phi) is 4.45. The Morgan fingerprint density at radius 3 is 2.50 bits per heavy atom. The van der Waals surface area contributed by atoms with E-state index in [9.17, 15) is 0 Å². The summed E-state index contributed by atoms with van der Waals surface area (Å²) in [6.07, 6.45) is 0.790. The summed E-state index contributed by atoms with van der Waals surface area (Å²) in [5.74, 6) is 2.47. The number of rotatable bonds is 4. The standard InChI is InChI=1S/C15H19ClN4/c1-5-13-19-14(17-4)10(3)15(20-13)18-12-8-11(16)7-6-9(12)2/h6-8H,5H2,1-4H3,(H2,17,18,19,20). The first-order valence-electron chi connectivity index (χ1n) is 6.63. The van der Waals surface area contributed by atoms with Crippen LogP contribution in [0.1, 0.15) is 23.9 Å². The summed E-state index contributed by atoms with van der Waals surface area (Å²) in [6, 6.07) is 5.77. The van der Waals surface area contributed by atoms with Gasteiger partial charge in [-0.25, -0.2) is 9.97 Å². The van der Waals surface area contributed by atoms with Crippen molar-refractivity contribution in [2.75, 3.05) is 17.7 Å². The predicted octanol–water partition coefficient (Wildman–Crippen LogP) is 4.09. The highest BCUT2D eigenvalue weighted by molar-refractivity contribution is 6.30. The Morgan fingerprint density at radius 1 is 1.15 bits per heavy atom. The van der Waals surface area contributed by atoms with E-state index in [1.807, 2.05) is 46.0 Å². The van der Waals surface area contributed by atoms with Crippen LogP contribution in [0.4, 0.5) is 17.3 Å². The van der Waals surface area contributed by atoms with Crippen molar-refractivity contribution in [3.8, 4) is 0 Å². The summed E-state index contributed by atoms with van der Waals surface area (Å²) in [5, 5.41) is 7.16. The van der Waals surface area contributed by atoms with Crippen molar-refractivity contribution in [3.05, 3.63) is 40.2 Å². The molecule has 0 saturated heterocycles. The van der Waals surface area contributed by atoms with E-state index >= 15 is 0 Å². The fourth-order valence-corrected chi connectivity index (χ4v) is 2.11. The molecule has 106 valence electrons. The summed E-state index contributed by atoms with van der Waals surface area (Å²) < 4.78 is 0. The number of hydrogen-bond acceptors (Lipinski definition) is 4. The molecule has 0 aliphatic rings. The third-order valence-corrected chi connectivity index (χ3v) is 3.43. The van der Waals surface area contributed by atoms with Gasteiger partial charge in [0.25, 0.3) is 0 Å². The highest BCUT2D eigenvalue weighted by Gasteiger charge is 2.10. The Hall–Kier alpha value is -1.81. The van der Waals surface area contributed by atoms with E-state index < -0.39 is 0 Å². The quantitative estimate of drug-likeness (QED) is 0.890. The average Bonchev–Trinajstić information content (AvgIpc) is 2.45. The molecule has 0 aliphatic carbocycles. The van der Waals surface area contributed by atoms with Gasteiger partial charge in [-0.3, -0.25) is 0 Å². The Bertz CT molecular complexity index is 626. The second kappa shape index (κ2) is 6.09. The summed E-state index contributed by atoms with van der Waals surface area (Å²) in [5.41, 5.74) is 3.07. The van der Waals surface area contributed by atoms with Crippen LogP contribution < -0.4 is 10.6 Å². The van der Waals surface area contributed by atoms with Gasteiger partial charge in [-0.1, -0.05) is 24.6 Å². The molecule has 20 heavy (non-hydrogen) atoms. The zero-order valence-corrected chi connectivity index (χ0v) is 13.0. The van der Waals surface area contributed by atoms with Gasteiger partial charge < -0.3 is 10.6 Å².